The number of carboxylic acid groups (broad SMARTS) is 1. The average Bonchev–Trinajstić information content (AvgIpc) is 2.71. The van der Waals surface area contributed by atoms with Crippen LogP contribution in [0.1, 0.15) is 16.1 Å². The number of nitrogens with zero attached hydrogens (tertiary/aromatic N) is 3. The van der Waals surface area contributed by atoms with E-state index in [1.807, 2.05) is 0 Å². The fraction of sp³-hybridized carbons (Fsp3) is 0.200. The van der Waals surface area contributed by atoms with E-state index in [2.05, 4.69) is 15.1 Å². The molecule has 1 N–H and O–H groups in total. The lowest BCUT2D eigenvalue weighted by Gasteiger charge is -1.99. The molecule has 0 bridgehead atoms. The maximum absolute atomic E-state index is 11.0. The normalized spacial score (nSPS) is 10.2. The summed E-state index contributed by atoms with van der Waals surface area (Å²) in [6.45, 7) is 1.53. The van der Waals surface area contributed by atoms with Crippen molar-refractivity contribution in [2.24, 2.45) is 0 Å². The van der Waals surface area contributed by atoms with Crippen molar-refractivity contribution in [1.29, 1.82) is 0 Å². The minimum absolute atomic E-state index is 0.0127. The van der Waals surface area contributed by atoms with Gasteiger partial charge in [0.15, 0.2) is 0 Å². The molecule has 7 nitrogen and oxygen atoms in total. The van der Waals surface area contributed by atoms with Gasteiger partial charge < -0.3 is 14.4 Å². The van der Waals surface area contributed by atoms with Crippen LogP contribution in [0, 0.1) is 6.92 Å². The molecule has 0 saturated heterocycles. The minimum Gasteiger partial charge on any atom is -0.477 e. The molecule has 0 aliphatic carbocycles. The van der Waals surface area contributed by atoms with E-state index in [0.29, 0.717) is 5.56 Å². The van der Waals surface area contributed by atoms with Crippen LogP contribution in [0.15, 0.2) is 16.9 Å². The molecule has 0 spiro atoms. The molecule has 0 radical (unpaired) electrons. The van der Waals surface area contributed by atoms with Gasteiger partial charge in [-0.05, 0) is 6.92 Å². The molecule has 0 unspecified atom stereocenters. The first kappa shape index (κ1) is 11.1. The lowest BCUT2D eigenvalue weighted by Crippen LogP contribution is -2.00. The van der Waals surface area contributed by atoms with Gasteiger partial charge >= 0.3 is 12.0 Å². The van der Waals surface area contributed by atoms with Crippen molar-refractivity contribution in [2.75, 3.05) is 7.11 Å². The summed E-state index contributed by atoms with van der Waals surface area (Å²) in [5.74, 6) is -0.863. The van der Waals surface area contributed by atoms with Crippen molar-refractivity contribution >= 4 is 5.97 Å². The van der Waals surface area contributed by atoms with Gasteiger partial charge in [-0.2, -0.15) is 0 Å². The summed E-state index contributed by atoms with van der Waals surface area (Å²) < 4.78 is 9.66. The Kier molecular flexibility index (Phi) is 2.73. The van der Waals surface area contributed by atoms with E-state index in [4.69, 9.17) is 14.4 Å². The third-order valence-electron chi connectivity index (χ3n) is 2.16. The van der Waals surface area contributed by atoms with Crippen LogP contribution in [0.3, 0.4) is 0 Å². The average molecular weight is 235 g/mol. The highest BCUT2D eigenvalue weighted by Crippen LogP contribution is 2.24. The Hall–Kier alpha value is -2.44. The van der Waals surface area contributed by atoms with Crippen LogP contribution in [0.4, 0.5) is 0 Å². The summed E-state index contributed by atoms with van der Waals surface area (Å²) >= 11 is 0. The predicted octanol–water partition coefficient (Wildman–Crippen LogP) is 1.15. The molecule has 2 heterocycles. The van der Waals surface area contributed by atoms with Crippen molar-refractivity contribution < 1.29 is 19.2 Å². The van der Waals surface area contributed by atoms with Crippen LogP contribution < -0.4 is 4.74 Å². The highest BCUT2D eigenvalue weighted by molar-refractivity contribution is 5.95. The number of ether oxygens (including phenoxy) is 1. The standard InChI is InChI=1S/C10H9N3O4/c1-5-7(9(14)15)8(13-17-5)6-3-11-10(16-2)12-4-6/h3-4H,1-2H3,(H,14,15). The van der Waals surface area contributed by atoms with E-state index >= 15 is 0 Å². The maximum atomic E-state index is 11.0. The molecular weight excluding hydrogens is 226 g/mol. The van der Waals surface area contributed by atoms with Crippen LogP contribution in [0.5, 0.6) is 6.01 Å². The fourth-order valence-corrected chi connectivity index (χ4v) is 1.36. The number of hydrogen-bond donors (Lipinski definition) is 1. The Morgan fingerprint density at radius 1 is 1.41 bits per heavy atom. The number of hydrogen-bond acceptors (Lipinski definition) is 6. The molecule has 0 fully saturated rings. The molecule has 0 amide bonds. The number of aromatic carboxylic acids is 1. The summed E-state index contributed by atoms with van der Waals surface area (Å²) in [5.41, 5.74) is 0.677. The second-order valence-corrected chi connectivity index (χ2v) is 3.23. The van der Waals surface area contributed by atoms with E-state index in [0.717, 1.165) is 0 Å². The van der Waals surface area contributed by atoms with Crippen molar-refractivity contribution in [3.8, 4) is 17.3 Å². The molecule has 0 saturated carbocycles. The van der Waals surface area contributed by atoms with Crippen molar-refractivity contribution in [3.05, 3.63) is 23.7 Å². The van der Waals surface area contributed by atoms with Gasteiger partial charge in [0, 0.05) is 18.0 Å². The zero-order chi connectivity index (χ0) is 12.4. The van der Waals surface area contributed by atoms with Crippen molar-refractivity contribution in [2.45, 2.75) is 6.92 Å². The first-order valence-electron chi connectivity index (χ1n) is 4.69. The number of aryl methyl sites for hydroxylation is 1. The topological polar surface area (TPSA) is 98.3 Å². The monoisotopic (exact) mass is 235 g/mol. The van der Waals surface area contributed by atoms with E-state index in [9.17, 15) is 4.79 Å². The number of aromatic nitrogens is 3. The van der Waals surface area contributed by atoms with Gasteiger partial charge in [0.2, 0.25) is 0 Å². The van der Waals surface area contributed by atoms with Gasteiger partial charge in [0.25, 0.3) is 0 Å². The van der Waals surface area contributed by atoms with Crippen LogP contribution in [-0.2, 0) is 0 Å². The fourth-order valence-electron chi connectivity index (χ4n) is 1.36. The predicted molar refractivity (Wildman–Crippen MR) is 55.8 cm³/mol. The van der Waals surface area contributed by atoms with E-state index in [1.165, 1.54) is 26.4 Å². The third kappa shape index (κ3) is 1.94. The zero-order valence-corrected chi connectivity index (χ0v) is 9.17. The summed E-state index contributed by atoms with van der Waals surface area (Å²) in [6, 6.07) is 0.200. The lowest BCUT2D eigenvalue weighted by atomic mass is 10.1. The summed E-state index contributed by atoms with van der Waals surface area (Å²) in [5, 5.41) is 12.7. The van der Waals surface area contributed by atoms with Crippen LogP contribution >= 0.6 is 0 Å². The molecule has 7 heteroatoms. The molecule has 17 heavy (non-hydrogen) atoms. The minimum atomic E-state index is -1.10. The number of carboxylic acids is 1. The van der Waals surface area contributed by atoms with Gasteiger partial charge in [-0.1, -0.05) is 5.16 Å². The van der Waals surface area contributed by atoms with Gasteiger partial charge in [0.1, 0.15) is 17.0 Å². The number of methoxy groups -OCH3 is 1. The molecule has 2 rings (SSSR count). The Morgan fingerprint density at radius 3 is 2.59 bits per heavy atom. The molecule has 0 aromatic carbocycles. The van der Waals surface area contributed by atoms with Gasteiger partial charge in [0.05, 0.1) is 7.11 Å². The van der Waals surface area contributed by atoms with Crippen LogP contribution in [-0.4, -0.2) is 33.3 Å². The first-order chi connectivity index (χ1) is 8.13. The maximum Gasteiger partial charge on any atom is 0.341 e. The molecule has 2 aromatic heterocycles. The highest BCUT2D eigenvalue weighted by atomic mass is 16.5. The lowest BCUT2D eigenvalue weighted by molar-refractivity contribution is 0.0696. The molecule has 0 aliphatic heterocycles. The SMILES string of the molecule is COc1ncc(-c2noc(C)c2C(=O)O)cn1. The smallest absolute Gasteiger partial charge is 0.341 e. The molecule has 88 valence electrons. The molecular formula is C10H9N3O4. The summed E-state index contributed by atoms with van der Waals surface area (Å²) in [6.07, 6.45) is 2.85. The zero-order valence-electron chi connectivity index (χ0n) is 9.17. The van der Waals surface area contributed by atoms with E-state index in [1.54, 1.807) is 0 Å². The number of carbonyl (C=O) groups is 1. The van der Waals surface area contributed by atoms with Gasteiger partial charge in [-0.3, -0.25) is 0 Å². The van der Waals surface area contributed by atoms with Gasteiger partial charge in [-0.15, -0.1) is 0 Å². The largest absolute Gasteiger partial charge is 0.477 e. The Bertz CT molecular complexity index is 547. The van der Waals surface area contributed by atoms with Crippen molar-refractivity contribution in [3.63, 3.8) is 0 Å². The summed E-state index contributed by atoms with van der Waals surface area (Å²) in [4.78, 5) is 18.8. The third-order valence-corrected chi connectivity index (χ3v) is 2.16. The second-order valence-electron chi connectivity index (χ2n) is 3.23. The van der Waals surface area contributed by atoms with Crippen LogP contribution in [0.25, 0.3) is 11.3 Å². The Morgan fingerprint density at radius 2 is 2.06 bits per heavy atom. The Balaban J connectivity index is 2.49. The molecule has 2 aromatic rings. The van der Waals surface area contributed by atoms with Crippen LogP contribution in [0.2, 0.25) is 0 Å². The number of rotatable bonds is 3. The van der Waals surface area contributed by atoms with Crippen molar-refractivity contribution in [1.82, 2.24) is 15.1 Å². The van der Waals surface area contributed by atoms with Gasteiger partial charge in [-0.25, -0.2) is 14.8 Å². The second kappa shape index (κ2) is 4.20. The molecule has 0 aliphatic rings. The molecule has 0 atom stereocenters. The highest BCUT2D eigenvalue weighted by Gasteiger charge is 2.21. The quantitative estimate of drug-likeness (QED) is 0.851. The van der Waals surface area contributed by atoms with E-state index < -0.39 is 5.97 Å². The summed E-state index contributed by atoms with van der Waals surface area (Å²) in [7, 11) is 1.44. The Labute approximate surface area is 96.1 Å². The van der Waals surface area contributed by atoms with E-state index in [-0.39, 0.29) is 23.0 Å². The first-order valence-corrected chi connectivity index (χ1v) is 4.69.